The molecule has 2 heterocycles. The first-order chi connectivity index (χ1) is 7.84. The molecule has 1 unspecified atom stereocenters. The van der Waals surface area contributed by atoms with E-state index in [-0.39, 0.29) is 17.7 Å². The fourth-order valence-electron chi connectivity index (χ4n) is 2.46. The Labute approximate surface area is 102 Å². The lowest BCUT2D eigenvalue weighted by molar-refractivity contribution is -0.0154. The maximum Gasteiger partial charge on any atom is 0.410 e. The molecule has 0 bridgehead atoms. The molecule has 0 aromatic carbocycles. The lowest BCUT2D eigenvalue weighted by Gasteiger charge is -2.47. The first-order valence-electron chi connectivity index (χ1n) is 6.09. The highest BCUT2D eigenvalue weighted by atomic mass is 16.6. The topological polar surface area (TPSA) is 50.8 Å². The van der Waals surface area contributed by atoms with Gasteiger partial charge in [0.25, 0.3) is 0 Å². The zero-order valence-electron chi connectivity index (χ0n) is 11.1. The van der Waals surface area contributed by atoms with Crippen LogP contribution >= 0.6 is 0 Å². The van der Waals surface area contributed by atoms with Crippen molar-refractivity contribution in [2.75, 3.05) is 26.7 Å². The van der Waals surface area contributed by atoms with Gasteiger partial charge in [0.2, 0.25) is 0 Å². The van der Waals surface area contributed by atoms with Gasteiger partial charge in [-0.2, -0.15) is 0 Å². The molecule has 5 nitrogen and oxygen atoms in total. The molecule has 1 N–H and O–H groups in total. The Morgan fingerprint density at radius 2 is 2.06 bits per heavy atom. The summed E-state index contributed by atoms with van der Waals surface area (Å²) in [5, 5.41) is 3.44. The van der Waals surface area contributed by atoms with Crippen LogP contribution in [-0.2, 0) is 9.47 Å². The van der Waals surface area contributed by atoms with E-state index in [1.807, 2.05) is 20.8 Å². The van der Waals surface area contributed by atoms with Crippen molar-refractivity contribution >= 4 is 6.09 Å². The Hall–Kier alpha value is -0.810. The Balaban J connectivity index is 1.81. The molecule has 0 saturated carbocycles. The molecular formula is C12H22N2O3. The number of amides is 1. The summed E-state index contributed by atoms with van der Waals surface area (Å²) in [4.78, 5) is 13.5. The van der Waals surface area contributed by atoms with Gasteiger partial charge in [0.1, 0.15) is 5.60 Å². The van der Waals surface area contributed by atoms with Gasteiger partial charge in [-0.15, -0.1) is 0 Å². The van der Waals surface area contributed by atoms with Crippen LogP contribution in [0.5, 0.6) is 0 Å². The molecule has 1 atom stereocenters. The van der Waals surface area contributed by atoms with E-state index < -0.39 is 5.60 Å². The van der Waals surface area contributed by atoms with Crippen LogP contribution < -0.4 is 5.32 Å². The van der Waals surface area contributed by atoms with Crippen LogP contribution in [0.3, 0.4) is 0 Å². The minimum atomic E-state index is -0.419. The third-order valence-electron chi connectivity index (χ3n) is 3.30. The van der Waals surface area contributed by atoms with Crippen molar-refractivity contribution in [3.8, 4) is 0 Å². The number of carbonyl (C=O) groups excluding carboxylic acids is 1. The predicted molar refractivity (Wildman–Crippen MR) is 64.0 cm³/mol. The highest BCUT2D eigenvalue weighted by Crippen LogP contribution is 2.32. The van der Waals surface area contributed by atoms with Crippen molar-refractivity contribution in [2.24, 2.45) is 0 Å². The first-order valence-corrected chi connectivity index (χ1v) is 6.09. The van der Waals surface area contributed by atoms with Crippen LogP contribution in [0.4, 0.5) is 4.79 Å². The molecule has 98 valence electrons. The monoisotopic (exact) mass is 242 g/mol. The molecule has 2 fully saturated rings. The highest BCUT2D eigenvalue weighted by Gasteiger charge is 2.50. The van der Waals surface area contributed by atoms with Crippen molar-refractivity contribution in [1.82, 2.24) is 10.2 Å². The standard InChI is InChI=1S/C12H22N2O3/c1-11(2,3)17-10(15)14-7-12(8-14)5-9(16-4)6-13-12/h9,13H,5-8H2,1-4H3. The number of ether oxygens (including phenoxy) is 2. The molecule has 1 amide bonds. The maximum atomic E-state index is 11.8. The van der Waals surface area contributed by atoms with Crippen molar-refractivity contribution in [2.45, 2.75) is 44.4 Å². The first kappa shape index (κ1) is 12.6. The zero-order chi connectivity index (χ0) is 12.7. The quantitative estimate of drug-likeness (QED) is 0.745. The van der Waals surface area contributed by atoms with Crippen LogP contribution in [0.25, 0.3) is 0 Å². The minimum absolute atomic E-state index is 0.0670. The van der Waals surface area contributed by atoms with Gasteiger partial charge in [-0.25, -0.2) is 4.79 Å². The summed E-state index contributed by atoms with van der Waals surface area (Å²) in [5.74, 6) is 0. The molecular weight excluding hydrogens is 220 g/mol. The van der Waals surface area contributed by atoms with Crippen LogP contribution in [-0.4, -0.2) is 55.0 Å². The summed E-state index contributed by atoms with van der Waals surface area (Å²) >= 11 is 0. The largest absolute Gasteiger partial charge is 0.444 e. The summed E-state index contributed by atoms with van der Waals surface area (Å²) in [7, 11) is 1.73. The molecule has 2 rings (SSSR count). The van der Waals surface area contributed by atoms with Gasteiger partial charge in [0.15, 0.2) is 0 Å². The molecule has 0 aromatic heterocycles. The summed E-state index contributed by atoms with van der Waals surface area (Å²) in [5.41, 5.74) is -0.352. The second kappa shape index (κ2) is 4.14. The number of methoxy groups -OCH3 is 1. The molecule has 17 heavy (non-hydrogen) atoms. The number of likely N-dealkylation sites (tertiary alicyclic amines) is 1. The van der Waals surface area contributed by atoms with Gasteiger partial charge in [-0.05, 0) is 27.2 Å². The highest BCUT2D eigenvalue weighted by molar-refractivity contribution is 5.69. The lowest BCUT2D eigenvalue weighted by atomic mass is 9.88. The van der Waals surface area contributed by atoms with Crippen LogP contribution in [0.2, 0.25) is 0 Å². The summed E-state index contributed by atoms with van der Waals surface area (Å²) in [6.45, 7) is 7.97. The Bertz CT molecular complexity index is 305. The second-order valence-corrected chi connectivity index (χ2v) is 6.06. The van der Waals surface area contributed by atoms with Crippen molar-refractivity contribution < 1.29 is 14.3 Å². The van der Waals surface area contributed by atoms with Gasteiger partial charge >= 0.3 is 6.09 Å². The number of nitrogens with one attached hydrogen (secondary N) is 1. The fourth-order valence-corrected chi connectivity index (χ4v) is 2.46. The van der Waals surface area contributed by atoms with Gasteiger partial charge < -0.3 is 19.7 Å². The number of carbonyl (C=O) groups is 1. The summed E-state index contributed by atoms with van der Waals surface area (Å²) in [6.07, 6.45) is 1.03. The molecule has 1 spiro atoms. The van der Waals surface area contributed by atoms with Gasteiger partial charge in [0, 0.05) is 26.7 Å². The average molecular weight is 242 g/mol. The predicted octanol–water partition coefficient (Wildman–Crippen LogP) is 0.984. The van der Waals surface area contributed by atoms with Crippen molar-refractivity contribution in [3.05, 3.63) is 0 Å². The number of nitrogens with zero attached hydrogens (tertiary/aromatic N) is 1. The van der Waals surface area contributed by atoms with E-state index in [2.05, 4.69) is 5.32 Å². The average Bonchev–Trinajstić information content (AvgIpc) is 2.56. The van der Waals surface area contributed by atoms with E-state index in [0.717, 1.165) is 26.1 Å². The molecule has 0 aromatic rings. The Morgan fingerprint density at radius 1 is 1.41 bits per heavy atom. The maximum absolute atomic E-state index is 11.8. The van der Waals surface area contributed by atoms with Crippen LogP contribution in [0, 0.1) is 0 Å². The van der Waals surface area contributed by atoms with E-state index in [0.29, 0.717) is 0 Å². The molecule has 0 radical (unpaired) electrons. The third-order valence-corrected chi connectivity index (χ3v) is 3.30. The molecule has 2 aliphatic heterocycles. The summed E-state index contributed by atoms with van der Waals surface area (Å²) < 4.78 is 10.6. The number of hydrogen-bond acceptors (Lipinski definition) is 4. The van der Waals surface area contributed by atoms with Crippen molar-refractivity contribution in [3.63, 3.8) is 0 Å². The minimum Gasteiger partial charge on any atom is -0.444 e. The second-order valence-electron chi connectivity index (χ2n) is 6.06. The molecule has 2 saturated heterocycles. The number of hydrogen-bond donors (Lipinski definition) is 1. The van der Waals surface area contributed by atoms with E-state index in [1.54, 1.807) is 12.0 Å². The van der Waals surface area contributed by atoms with E-state index in [9.17, 15) is 4.79 Å². The summed E-state index contributed by atoms with van der Waals surface area (Å²) in [6, 6.07) is 0. The van der Waals surface area contributed by atoms with Gasteiger partial charge in [-0.3, -0.25) is 0 Å². The molecule has 5 heteroatoms. The van der Waals surface area contributed by atoms with Crippen LogP contribution in [0.1, 0.15) is 27.2 Å². The zero-order valence-corrected chi connectivity index (χ0v) is 11.1. The van der Waals surface area contributed by atoms with Crippen molar-refractivity contribution in [1.29, 1.82) is 0 Å². The van der Waals surface area contributed by atoms with E-state index in [1.165, 1.54) is 0 Å². The molecule has 0 aliphatic carbocycles. The SMILES string of the molecule is COC1CNC2(C1)CN(C(=O)OC(C)(C)C)C2. The van der Waals surface area contributed by atoms with Gasteiger partial charge in [-0.1, -0.05) is 0 Å². The van der Waals surface area contributed by atoms with Crippen LogP contribution in [0.15, 0.2) is 0 Å². The lowest BCUT2D eigenvalue weighted by Crippen LogP contribution is -2.68. The van der Waals surface area contributed by atoms with Gasteiger partial charge in [0.05, 0.1) is 11.6 Å². The smallest absolute Gasteiger partial charge is 0.410 e. The van der Waals surface area contributed by atoms with E-state index in [4.69, 9.17) is 9.47 Å². The number of rotatable bonds is 1. The normalized spacial score (nSPS) is 27.1. The third kappa shape index (κ3) is 2.72. The molecule has 2 aliphatic rings. The Kier molecular flexibility index (Phi) is 3.08. The Morgan fingerprint density at radius 3 is 2.53 bits per heavy atom. The fraction of sp³-hybridized carbons (Fsp3) is 0.917. The van der Waals surface area contributed by atoms with E-state index >= 15 is 0 Å².